The normalized spacial score (nSPS) is 12.2. The van der Waals surface area contributed by atoms with E-state index in [0.29, 0.717) is 6.04 Å². The van der Waals surface area contributed by atoms with Crippen LogP contribution in [0.4, 0.5) is 5.69 Å². The van der Waals surface area contributed by atoms with E-state index in [-0.39, 0.29) is 0 Å². The fraction of sp³-hybridized carbons (Fsp3) is 0.250. The molecule has 1 atom stereocenters. The number of hydrogen-bond donors (Lipinski definition) is 1. The molecule has 0 aliphatic rings. The molecule has 0 aliphatic heterocycles. The lowest BCUT2D eigenvalue weighted by Crippen LogP contribution is -2.18. The van der Waals surface area contributed by atoms with Crippen LogP contribution in [-0.4, -0.2) is 6.04 Å². The van der Waals surface area contributed by atoms with Crippen LogP contribution in [0.5, 0.6) is 0 Å². The first-order chi connectivity index (χ1) is 9.04. The standard InChI is InChI=1S/C16H17Cl2N/c1-11-9-15(18)7-8-16(11)19-12(2)10-13-3-5-14(17)6-4-13/h3-9,12,19H,10H2,1-2H3. The third-order valence-electron chi connectivity index (χ3n) is 3.05. The first-order valence-electron chi connectivity index (χ1n) is 6.32. The fourth-order valence-corrected chi connectivity index (χ4v) is 2.43. The van der Waals surface area contributed by atoms with Crippen molar-refractivity contribution >= 4 is 28.9 Å². The number of aryl methyl sites for hydroxylation is 1. The third kappa shape index (κ3) is 4.15. The van der Waals surface area contributed by atoms with Gasteiger partial charge in [-0.3, -0.25) is 0 Å². The zero-order valence-corrected chi connectivity index (χ0v) is 12.6. The molecule has 100 valence electrons. The summed E-state index contributed by atoms with van der Waals surface area (Å²) < 4.78 is 0. The molecule has 1 unspecified atom stereocenters. The molecule has 0 fully saturated rings. The van der Waals surface area contributed by atoms with Gasteiger partial charge in [-0.2, -0.15) is 0 Å². The molecule has 0 aromatic heterocycles. The van der Waals surface area contributed by atoms with Crippen molar-refractivity contribution < 1.29 is 0 Å². The van der Waals surface area contributed by atoms with Gasteiger partial charge < -0.3 is 5.32 Å². The highest BCUT2D eigenvalue weighted by atomic mass is 35.5. The maximum absolute atomic E-state index is 5.96. The Morgan fingerprint density at radius 3 is 2.26 bits per heavy atom. The summed E-state index contributed by atoms with van der Waals surface area (Å²) in [5.74, 6) is 0. The van der Waals surface area contributed by atoms with E-state index in [1.165, 1.54) is 5.56 Å². The zero-order chi connectivity index (χ0) is 13.8. The lowest BCUT2D eigenvalue weighted by atomic mass is 10.1. The maximum atomic E-state index is 5.96. The molecule has 19 heavy (non-hydrogen) atoms. The van der Waals surface area contributed by atoms with Crippen molar-refractivity contribution in [1.29, 1.82) is 0 Å². The summed E-state index contributed by atoms with van der Waals surface area (Å²) in [6.45, 7) is 4.23. The van der Waals surface area contributed by atoms with Crippen LogP contribution in [0.15, 0.2) is 42.5 Å². The van der Waals surface area contributed by atoms with E-state index in [1.807, 2.05) is 30.3 Å². The Kier molecular flexibility index (Phi) is 4.73. The van der Waals surface area contributed by atoms with Crippen molar-refractivity contribution in [2.45, 2.75) is 26.3 Å². The smallest absolute Gasteiger partial charge is 0.0410 e. The van der Waals surface area contributed by atoms with Gasteiger partial charge in [-0.05, 0) is 61.7 Å². The monoisotopic (exact) mass is 293 g/mol. The van der Waals surface area contributed by atoms with E-state index in [4.69, 9.17) is 23.2 Å². The third-order valence-corrected chi connectivity index (χ3v) is 3.53. The molecule has 0 spiro atoms. The highest BCUT2D eigenvalue weighted by Crippen LogP contribution is 2.21. The van der Waals surface area contributed by atoms with Crippen LogP contribution in [0.25, 0.3) is 0 Å². The van der Waals surface area contributed by atoms with Crippen LogP contribution in [0.2, 0.25) is 10.0 Å². The van der Waals surface area contributed by atoms with Gasteiger partial charge in [0.2, 0.25) is 0 Å². The summed E-state index contributed by atoms with van der Waals surface area (Å²) in [6.07, 6.45) is 0.958. The molecule has 0 amide bonds. The first-order valence-corrected chi connectivity index (χ1v) is 7.07. The van der Waals surface area contributed by atoms with E-state index >= 15 is 0 Å². The lowest BCUT2D eigenvalue weighted by molar-refractivity contribution is 0.789. The van der Waals surface area contributed by atoms with Gasteiger partial charge in [-0.15, -0.1) is 0 Å². The van der Waals surface area contributed by atoms with Gasteiger partial charge in [0.25, 0.3) is 0 Å². The van der Waals surface area contributed by atoms with E-state index in [2.05, 4.69) is 31.3 Å². The van der Waals surface area contributed by atoms with Gasteiger partial charge in [-0.1, -0.05) is 35.3 Å². The molecule has 0 heterocycles. The molecule has 0 radical (unpaired) electrons. The van der Waals surface area contributed by atoms with Crippen LogP contribution in [0.3, 0.4) is 0 Å². The highest BCUT2D eigenvalue weighted by Gasteiger charge is 2.06. The number of halogens is 2. The van der Waals surface area contributed by atoms with E-state index in [0.717, 1.165) is 27.7 Å². The predicted molar refractivity (Wildman–Crippen MR) is 84.4 cm³/mol. The Morgan fingerprint density at radius 2 is 1.63 bits per heavy atom. The Bertz CT molecular complexity index is 549. The van der Waals surface area contributed by atoms with Crippen molar-refractivity contribution in [1.82, 2.24) is 0 Å². The Labute approximate surface area is 124 Å². The minimum Gasteiger partial charge on any atom is -0.382 e. The molecule has 1 N–H and O–H groups in total. The second kappa shape index (κ2) is 6.31. The van der Waals surface area contributed by atoms with Crippen molar-refractivity contribution in [3.05, 3.63) is 63.6 Å². The average Bonchev–Trinajstić information content (AvgIpc) is 2.36. The van der Waals surface area contributed by atoms with E-state index in [9.17, 15) is 0 Å². The van der Waals surface area contributed by atoms with E-state index in [1.54, 1.807) is 0 Å². The van der Waals surface area contributed by atoms with Crippen LogP contribution >= 0.6 is 23.2 Å². The quantitative estimate of drug-likeness (QED) is 0.802. The van der Waals surface area contributed by atoms with Crippen molar-refractivity contribution in [2.75, 3.05) is 5.32 Å². The molecule has 2 aromatic carbocycles. The number of rotatable bonds is 4. The molecule has 2 aromatic rings. The SMILES string of the molecule is Cc1cc(Cl)ccc1NC(C)Cc1ccc(Cl)cc1. The Hall–Kier alpha value is -1.18. The second-order valence-electron chi connectivity index (χ2n) is 4.84. The molecule has 1 nitrogen and oxygen atoms in total. The summed E-state index contributed by atoms with van der Waals surface area (Å²) in [4.78, 5) is 0. The lowest BCUT2D eigenvalue weighted by Gasteiger charge is -2.17. The van der Waals surface area contributed by atoms with Crippen LogP contribution < -0.4 is 5.32 Å². The molecule has 0 bridgehead atoms. The number of hydrogen-bond acceptors (Lipinski definition) is 1. The van der Waals surface area contributed by atoms with Crippen LogP contribution in [0.1, 0.15) is 18.1 Å². The van der Waals surface area contributed by atoms with Gasteiger partial charge in [0.1, 0.15) is 0 Å². The summed E-state index contributed by atoms with van der Waals surface area (Å²) in [5.41, 5.74) is 3.57. The molecule has 0 saturated heterocycles. The highest BCUT2D eigenvalue weighted by molar-refractivity contribution is 6.30. The van der Waals surface area contributed by atoms with Gasteiger partial charge >= 0.3 is 0 Å². The van der Waals surface area contributed by atoms with Gasteiger partial charge in [0, 0.05) is 21.8 Å². The van der Waals surface area contributed by atoms with Gasteiger partial charge in [-0.25, -0.2) is 0 Å². The minimum absolute atomic E-state index is 0.348. The Morgan fingerprint density at radius 1 is 1.00 bits per heavy atom. The topological polar surface area (TPSA) is 12.0 Å². The number of nitrogens with one attached hydrogen (secondary N) is 1. The molecule has 0 aliphatic carbocycles. The average molecular weight is 294 g/mol. The largest absolute Gasteiger partial charge is 0.382 e. The van der Waals surface area contributed by atoms with Crippen LogP contribution in [0, 0.1) is 6.92 Å². The van der Waals surface area contributed by atoms with Crippen molar-refractivity contribution in [3.63, 3.8) is 0 Å². The first kappa shape index (κ1) is 14.2. The minimum atomic E-state index is 0.348. The number of benzene rings is 2. The van der Waals surface area contributed by atoms with Crippen molar-refractivity contribution in [2.24, 2.45) is 0 Å². The molecule has 3 heteroatoms. The summed E-state index contributed by atoms with van der Waals surface area (Å²) in [7, 11) is 0. The second-order valence-corrected chi connectivity index (χ2v) is 5.71. The predicted octanol–water partition coefficient (Wildman–Crippen LogP) is 5.34. The summed E-state index contributed by atoms with van der Waals surface area (Å²) in [6, 6.07) is 14.2. The maximum Gasteiger partial charge on any atom is 0.0410 e. The zero-order valence-electron chi connectivity index (χ0n) is 11.1. The summed E-state index contributed by atoms with van der Waals surface area (Å²) >= 11 is 11.8. The van der Waals surface area contributed by atoms with Gasteiger partial charge in [0.15, 0.2) is 0 Å². The summed E-state index contributed by atoms with van der Waals surface area (Å²) in [5, 5.41) is 5.06. The van der Waals surface area contributed by atoms with Crippen molar-refractivity contribution in [3.8, 4) is 0 Å². The van der Waals surface area contributed by atoms with Crippen LogP contribution in [-0.2, 0) is 6.42 Å². The molecular formula is C16H17Cl2N. The molecule has 2 rings (SSSR count). The molecular weight excluding hydrogens is 277 g/mol. The van der Waals surface area contributed by atoms with E-state index < -0.39 is 0 Å². The Balaban J connectivity index is 2.01. The molecule has 0 saturated carbocycles. The number of anilines is 1. The van der Waals surface area contributed by atoms with Gasteiger partial charge in [0.05, 0.1) is 0 Å². The fourth-order valence-electron chi connectivity index (χ4n) is 2.08.